The lowest BCUT2D eigenvalue weighted by Crippen LogP contribution is -2.03. The molecule has 0 aliphatic carbocycles. The average Bonchev–Trinajstić information content (AvgIpc) is 2.74. The van der Waals surface area contributed by atoms with Gasteiger partial charge in [0.2, 0.25) is 0 Å². The van der Waals surface area contributed by atoms with E-state index in [9.17, 15) is 4.79 Å². The number of carboxylic acid groups (broad SMARTS) is 1. The molecule has 0 saturated heterocycles. The minimum atomic E-state index is -0.763. The number of aromatic nitrogens is 2. The highest BCUT2D eigenvalue weighted by atomic mass is 16.5. The van der Waals surface area contributed by atoms with Crippen molar-refractivity contribution in [1.82, 2.24) is 9.55 Å². The number of imidazole rings is 1. The number of aryl methyl sites for hydroxylation is 2. The molecule has 5 heteroatoms. The second-order valence-electron chi connectivity index (χ2n) is 4.37. The average molecular weight is 262 g/mol. The van der Waals surface area contributed by atoms with Crippen molar-refractivity contribution in [3.63, 3.8) is 0 Å². The van der Waals surface area contributed by atoms with E-state index in [1.165, 1.54) is 0 Å². The number of aliphatic carboxylic acids is 1. The quantitative estimate of drug-likeness (QED) is 0.868. The van der Waals surface area contributed by atoms with Crippen molar-refractivity contribution in [3.05, 3.63) is 24.0 Å². The zero-order valence-corrected chi connectivity index (χ0v) is 11.2. The van der Waals surface area contributed by atoms with Gasteiger partial charge < -0.3 is 14.4 Å². The van der Waals surface area contributed by atoms with Crippen LogP contribution >= 0.6 is 0 Å². The van der Waals surface area contributed by atoms with Crippen molar-refractivity contribution in [3.8, 4) is 5.75 Å². The summed E-state index contributed by atoms with van der Waals surface area (Å²) in [4.78, 5) is 15.1. The molecule has 2 rings (SSSR count). The number of nitrogens with zero attached hydrogens (tertiary/aromatic N) is 2. The Morgan fingerprint density at radius 1 is 1.47 bits per heavy atom. The van der Waals surface area contributed by atoms with Crippen LogP contribution in [0.25, 0.3) is 11.0 Å². The Morgan fingerprint density at radius 3 is 2.89 bits per heavy atom. The van der Waals surface area contributed by atoms with E-state index < -0.39 is 5.97 Å². The van der Waals surface area contributed by atoms with Crippen LogP contribution in [0.15, 0.2) is 18.2 Å². The van der Waals surface area contributed by atoms with Gasteiger partial charge in [0.15, 0.2) is 0 Å². The minimum absolute atomic E-state index is 0.177. The molecule has 0 fully saturated rings. The SMILES string of the molecule is CCn1c(CCCC(=O)O)nc2cc(OC)ccc21. The van der Waals surface area contributed by atoms with Gasteiger partial charge in [-0.05, 0) is 25.5 Å². The first kappa shape index (κ1) is 13.4. The Kier molecular flexibility index (Phi) is 4.04. The summed E-state index contributed by atoms with van der Waals surface area (Å²) in [5.41, 5.74) is 1.96. The van der Waals surface area contributed by atoms with Gasteiger partial charge in [0, 0.05) is 25.5 Å². The highest BCUT2D eigenvalue weighted by Gasteiger charge is 2.10. The largest absolute Gasteiger partial charge is 0.497 e. The van der Waals surface area contributed by atoms with Gasteiger partial charge in [0.1, 0.15) is 11.6 Å². The number of ether oxygens (including phenoxy) is 1. The molecular formula is C14H18N2O3. The molecule has 0 aliphatic rings. The molecule has 0 spiro atoms. The lowest BCUT2D eigenvalue weighted by molar-refractivity contribution is -0.137. The highest BCUT2D eigenvalue weighted by Crippen LogP contribution is 2.22. The number of carbonyl (C=O) groups is 1. The summed E-state index contributed by atoms with van der Waals surface area (Å²) in [6.45, 7) is 2.89. The van der Waals surface area contributed by atoms with Gasteiger partial charge in [0.05, 0.1) is 18.1 Å². The molecule has 0 bridgehead atoms. The van der Waals surface area contributed by atoms with Crippen LogP contribution in [0.3, 0.4) is 0 Å². The van der Waals surface area contributed by atoms with Gasteiger partial charge in [-0.3, -0.25) is 4.79 Å². The van der Waals surface area contributed by atoms with E-state index in [2.05, 4.69) is 16.5 Å². The maximum Gasteiger partial charge on any atom is 0.303 e. The van der Waals surface area contributed by atoms with Crippen molar-refractivity contribution in [2.24, 2.45) is 0 Å². The summed E-state index contributed by atoms with van der Waals surface area (Å²) < 4.78 is 7.31. The summed E-state index contributed by atoms with van der Waals surface area (Å²) in [6.07, 6.45) is 1.46. The van der Waals surface area contributed by atoms with E-state index in [1.807, 2.05) is 18.2 Å². The van der Waals surface area contributed by atoms with E-state index in [0.29, 0.717) is 12.8 Å². The van der Waals surface area contributed by atoms with E-state index in [1.54, 1.807) is 7.11 Å². The van der Waals surface area contributed by atoms with Gasteiger partial charge >= 0.3 is 5.97 Å². The number of hydrogen-bond acceptors (Lipinski definition) is 3. The summed E-state index contributed by atoms with van der Waals surface area (Å²) in [5, 5.41) is 8.68. The van der Waals surface area contributed by atoms with Gasteiger partial charge in [-0.1, -0.05) is 0 Å². The van der Waals surface area contributed by atoms with Crippen molar-refractivity contribution < 1.29 is 14.6 Å². The molecular weight excluding hydrogens is 244 g/mol. The number of benzene rings is 1. The van der Waals surface area contributed by atoms with Crippen LogP contribution in [0.4, 0.5) is 0 Å². The molecule has 0 unspecified atom stereocenters. The van der Waals surface area contributed by atoms with Crippen LogP contribution in [-0.4, -0.2) is 27.7 Å². The fourth-order valence-electron chi connectivity index (χ4n) is 2.23. The van der Waals surface area contributed by atoms with Crippen LogP contribution in [0.2, 0.25) is 0 Å². The second-order valence-corrected chi connectivity index (χ2v) is 4.37. The van der Waals surface area contributed by atoms with Crippen LogP contribution in [-0.2, 0) is 17.8 Å². The molecule has 1 aromatic carbocycles. The number of methoxy groups -OCH3 is 1. The van der Waals surface area contributed by atoms with E-state index in [4.69, 9.17) is 9.84 Å². The van der Waals surface area contributed by atoms with Gasteiger partial charge in [-0.15, -0.1) is 0 Å². The topological polar surface area (TPSA) is 64.4 Å². The van der Waals surface area contributed by atoms with Gasteiger partial charge in [0.25, 0.3) is 0 Å². The first-order valence-electron chi connectivity index (χ1n) is 6.40. The standard InChI is InChI=1S/C14H18N2O3/c1-3-16-12-8-7-10(19-2)9-11(12)15-13(16)5-4-6-14(17)18/h7-9H,3-6H2,1-2H3,(H,17,18). The zero-order valence-electron chi connectivity index (χ0n) is 11.2. The van der Waals surface area contributed by atoms with Gasteiger partial charge in [-0.25, -0.2) is 4.98 Å². The smallest absolute Gasteiger partial charge is 0.303 e. The van der Waals surface area contributed by atoms with Gasteiger partial charge in [-0.2, -0.15) is 0 Å². The fourth-order valence-corrected chi connectivity index (χ4v) is 2.23. The summed E-state index contributed by atoms with van der Waals surface area (Å²) in [7, 11) is 1.63. The van der Waals surface area contributed by atoms with E-state index in [0.717, 1.165) is 29.2 Å². The Bertz CT molecular complexity index is 590. The Balaban J connectivity index is 2.29. The molecule has 102 valence electrons. The molecule has 0 radical (unpaired) electrons. The number of hydrogen-bond donors (Lipinski definition) is 1. The third kappa shape index (κ3) is 2.86. The molecule has 1 heterocycles. The van der Waals surface area contributed by atoms with Crippen molar-refractivity contribution in [2.75, 3.05) is 7.11 Å². The molecule has 0 amide bonds. The molecule has 19 heavy (non-hydrogen) atoms. The highest BCUT2D eigenvalue weighted by molar-refractivity contribution is 5.77. The number of rotatable bonds is 6. The molecule has 1 N–H and O–H groups in total. The van der Waals surface area contributed by atoms with Crippen LogP contribution in [0.5, 0.6) is 5.75 Å². The summed E-state index contributed by atoms with van der Waals surface area (Å²) >= 11 is 0. The number of carboxylic acids is 1. The van der Waals surface area contributed by atoms with E-state index in [-0.39, 0.29) is 6.42 Å². The molecule has 5 nitrogen and oxygen atoms in total. The van der Waals surface area contributed by atoms with Crippen LogP contribution in [0, 0.1) is 0 Å². The zero-order chi connectivity index (χ0) is 13.8. The third-order valence-corrected chi connectivity index (χ3v) is 3.14. The maximum absolute atomic E-state index is 10.6. The molecule has 0 aliphatic heterocycles. The maximum atomic E-state index is 10.6. The Labute approximate surface area is 111 Å². The second kappa shape index (κ2) is 5.73. The predicted octanol–water partition coefficient (Wildman–Crippen LogP) is 2.47. The lowest BCUT2D eigenvalue weighted by Gasteiger charge is -2.05. The summed E-state index contributed by atoms with van der Waals surface area (Å²) in [5.74, 6) is 0.957. The number of fused-ring (bicyclic) bond motifs is 1. The van der Waals surface area contributed by atoms with Crippen molar-refractivity contribution >= 4 is 17.0 Å². The van der Waals surface area contributed by atoms with Crippen molar-refractivity contribution in [2.45, 2.75) is 32.7 Å². The fraction of sp³-hybridized carbons (Fsp3) is 0.429. The van der Waals surface area contributed by atoms with Crippen molar-refractivity contribution in [1.29, 1.82) is 0 Å². The monoisotopic (exact) mass is 262 g/mol. The Hall–Kier alpha value is -2.04. The minimum Gasteiger partial charge on any atom is -0.497 e. The van der Waals surface area contributed by atoms with E-state index >= 15 is 0 Å². The lowest BCUT2D eigenvalue weighted by atomic mass is 10.2. The predicted molar refractivity (Wildman–Crippen MR) is 72.5 cm³/mol. The molecule has 0 saturated carbocycles. The first-order chi connectivity index (χ1) is 9.15. The van der Waals surface area contributed by atoms with Crippen LogP contribution < -0.4 is 4.74 Å². The molecule has 2 aromatic rings. The summed E-state index contributed by atoms with van der Waals surface area (Å²) in [6, 6.07) is 5.81. The first-order valence-corrected chi connectivity index (χ1v) is 6.40. The van der Waals surface area contributed by atoms with Crippen LogP contribution in [0.1, 0.15) is 25.6 Å². The molecule has 0 atom stereocenters. The molecule has 1 aromatic heterocycles. The Morgan fingerprint density at radius 2 is 2.26 bits per heavy atom. The normalized spacial score (nSPS) is 10.8. The third-order valence-electron chi connectivity index (χ3n) is 3.14.